The molecule has 0 aliphatic carbocycles. The van der Waals surface area contributed by atoms with Gasteiger partial charge in [0.05, 0.1) is 11.7 Å². The highest BCUT2D eigenvalue weighted by molar-refractivity contribution is 7.58. The predicted molar refractivity (Wildman–Crippen MR) is 61.0 cm³/mol. The molecule has 0 aromatic rings. The molecule has 17 heavy (non-hydrogen) atoms. The zero-order valence-electron chi connectivity index (χ0n) is 9.57. The molecule has 0 bridgehead atoms. The second kappa shape index (κ2) is 6.74. The standard InChI is InChI=1S/C9H18NO6P/c1-2-7(10)17(15,16)5-6(9(13)14)3-4-8(11)12/h6-7H,2-5,10H2,1H3,(H,11,12)(H,13,14)(H,15,16). The predicted octanol–water partition coefficient (Wildman–Crippen LogP) is 0.517. The van der Waals surface area contributed by atoms with Crippen molar-refractivity contribution in [2.45, 2.75) is 32.0 Å². The Balaban J connectivity index is 4.59. The Bertz CT molecular complexity index is 331. The number of carboxylic acid groups (broad SMARTS) is 2. The van der Waals surface area contributed by atoms with Gasteiger partial charge in [0.15, 0.2) is 0 Å². The topological polar surface area (TPSA) is 138 Å². The van der Waals surface area contributed by atoms with Crippen molar-refractivity contribution in [3.8, 4) is 0 Å². The van der Waals surface area contributed by atoms with Gasteiger partial charge in [-0.15, -0.1) is 0 Å². The Hall–Kier alpha value is -0.910. The van der Waals surface area contributed by atoms with Crippen LogP contribution >= 0.6 is 7.37 Å². The van der Waals surface area contributed by atoms with Crippen LogP contribution in [0.2, 0.25) is 0 Å². The summed E-state index contributed by atoms with van der Waals surface area (Å²) in [6.45, 7) is 1.63. The van der Waals surface area contributed by atoms with Crippen LogP contribution in [-0.4, -0.2) is 39.0 Å². The molecule has 0 saturated carbocycles. The maximum atomic E-state index is 11.7. The van der Waals surface area contributed by atoms with Gasteiger partial charge in [0.1, 0.15) is 0 Å². The summed E-state index contributed by atoms with van der Waals surface area (Å²) in [4.78, 5) is 30.8. The van der Waals surface area contributed by atoms with E-state index in [4.69, 9.17) is 15.9 Å². The van der Waals surface area contributed by atoms with Gasteiger partial charge in [-0.25, -0.2) is 0 Å². The van der Waals surface area contributed by atoms with Crippen molar-refractivity contribution in [1.82, 2.24) is 0 Å². The zero-order valence-corrected chi connectivity index (χ0v) is 10.5. The van der Waals surface area contributed by atoms with Crippen LogP contribution in [0.15, 0.2) is 0 Å². The summed E-state index contributed by atoms with van der Waals surface area (Å²) in [6, 6.07) is 0. The first kappa shape index (κ1) is 16.1. The highest BCUT2D eigenvalue weighted by Crippen LogP contribution is 2.47. The maximum absolute atomic E-state index is 11.7. The van der Waals surface area contributed by atoms with Crippen LogP contribution in [0.1, 0.15) is 26.2 Å². The Kier molecular flexibility index (Phi) is 6.37. The van der Waals surface area contributed by atoms with Crippen molar-refractivity contribution >= 4 is 19.3 Å². The van der Waals surface area contributed by atoms with Crippen molar-refractivity contribution < 1.29 is 29.3 Å². The largest absolute Gasteiger partial charge is 0.481 e. The summed E-state index contributed by atoms with van der Waals surface area (Å²) < 4.78 is 11.7. The lowest BCUT2D eigenvalue weighted by atomic mass is 10.1. The molecule has 3 unspecified atom stereocenters. The number of carbonyl (C=O) groups is 2. The monoisotopic (exact) mass is 267 g/mol. The third-order valence-electron chi connectivity index (χ3n) is 2.47. The summed E-state index contributed by atoms with van der Waals surface area (Å²) >= 11 is 0. The van der Waals surface area contributed by atoms with Gasteiger partial charge in [-0.1, -0.05) is 6.92 Å². The quantitative estimate of drug-likeness (QED) is 0.470. The van der Waals surface area contributed by atoms with Crippen molar-refractivity contribution in [1.29, 1.82) is 0 Å². The van der Waals surface area contributed by atoms with Gasteiger partial charge in [-0.3, -0.25) is 14.2 Å². The first-order valence-corrected chi connectivity index (χ1v) is 7.13. The molecule has 100 valence electrons. The number of rotatable bonds is 8. The van der Waals surface area contributed by atoms with Crippen molar-refractivity contribution in [2.24, 2.45) is 11.7 Å². The molecule has 0 amide bonds. The molecule has 0 aromatic carbocycles. The van der Waals surface area contributed by atoms with E-state index < -0.39 is 37.2 Å². The SMILES string of the molecule is CCC(N)P(=O)(O)CC(CCC(=O)O)C(=O)O. The van der Waals surface area contributed by atoms with E-state index in [0.717, 1.165) is 0 Å². The molecule has 0 spiro atoms. The molecule has 0 fully saturated rings. The van der Waals surface area contributed by atoms with Crippen molar-refractivity contribution in [3.63, 3.8) is 0 Å². The Labute approximate surface area is 99.1 Å². The second-order valence-corrected chi connectivity index (χ2v) is 6.42. The fourth-order valence-corrected chi connectivity index (χ4v) is 3.14. The number of carboxylic acids is 2. The normalized spacial score (nSPS) is 18.1. The minimum Gasteiger partial charge on any atom is -0.481 e. The van der Waals surface area contributed by atoms with Gasteiger partial charge >= 0.3 is 11.9 Å². The summed E-state index contributed by atoms with van der Waals surface area (Å²) in [5, 5.41) is 17.3. The first-order valence-electron chi connectivity index (χ1n) is 5.22. The maximum Gasteiger partial charge on any atom is 0.307 e. The number of hydrogen-bond acceptors (Lipinski definition) is 4. The number of nitrogens with two attached hydrogens (primary N) is 1. The third-order valence-corrected chi connectivity index (χ3v) is 4.84. The van der Waals surface area contributed by atoms with E-state index in [1.54, 1.807) is 6.92 Å². The number of aliphatic carboxylic acids is 2. The molecule has 5 N–H and O–H groups in total. The Morgan fingerprint density at radius 3 is 2.24 bits per heavy atom. The zero-order chi connectivity index (χ0) is 13.6. The van der Waals surface area contributed by atoms with Crippen LogP contribution in [0.5, 0.6) is 0 Å². The molecule has 0 aliphatic heterocycles. The smallest absolute Gasteiger partial charge is 0.307 e. The molecular weight excluding hydrogens is 249 g/mol. The van der Waals surface area contributed by atoms with E-state index in [0.29, 0.717) is 0 Å². The van der Waals surface area contributed by atoms with Crippen molar-refractivity contribution in [3.05, 3.63) is 0 Å². The van der Waals surface area contributed by atoms with Gasteiger partial charge in [-0.05, 0) is 12.8 Å². The minimum atomic E-state index is -3.75. The molecule has 3 atom stereocenters. The molecule has 7 nitrogen and oxygen atoms in total. The van der Waals surface area contributed by atoms with E-state index in [9.17, 15) is 19.0 Å². The number of hydrogen-bond donors (Lipinski definition) is 4. The van der Waals surface area contributed by atoms with Crippen LogP contribution in [0, 0.1) is 5.92 Å². The average molecular weight is 267 g/mol. The summed E-state index contributed by atoms with van der Waals surface area (Å²) in [6.07, 6.45) is -0.742. The van der Waals surface area contributed by atoms with Crippen molar-refractivity contribution in [2.75, 3.05) is 6.16 Å². The third kappa shape index (κ3) is 5.81. The lowest BCUT2D eigenvalue weighted by molar-refractivity contribution is -0.142. The fraction of sp³-hybridized carbons (Fsp3) is 0.778. The Morgan fingerprint density at radius 1 is 1.35 bits per heavy atom. The molecule has 8 heteroatoms. The molecule has 0 radical (unpaired) electrons. The van der Waals surface area contributed by atoms with Crippen LogP contribution in [0.25, 0.3) is 0 Å². The van der Waals surface area contributed by atoms with Crippen LogP contribution in [0.4, 0.5) is 0 Å². The molecule has 0 aliphatic rings. The van der Waals surface area contributed by atoms with Gasteiger partial charge in [0.2, 0.25) is 7.37 Å². The lowest BCUT2D eigenvalue weighted by Crippen LogP contribution is -2.26. The van der Waals surface area contributed by atoms with E-state index in [1.165, 1.54) is 0 Å². The van der Waals surface area contributed by atoms with Gasteiger partial charge in [0.25, 0.3) is 0 Å². The molecule has 0 rings (SSSR count). The average Bonchev–Trinajstić information content (AvgIpc) is 2.22. The summed E-state index contributed by atoms with van der Waals surface area (Å²) in [5.41, 5.74) is 5.43. The molecule has 0 heterocycles. The lowest BCUT2D eigenvalue weighted by Gasteiger charge is -2.21. The van der Waals surface area contributed by atoms with Crippen LogP contribution < -0.4 is 5.73 Å². The summed E-state index contributed by atoms with van der Waals surface area (Å²) in [7, 11) is -3.75. The van der Waals surface area contributed by atoms with E-state index in [-0.39, 0.29) is 19.3 Å². The molecule has 0 aromatic heterocycles. The van der Waals surface area contributed by atoms with Crippen LogP contribution in [0.3, 0.4) is 0 Å². The summed E-state index contributed by atoms with van der Waals surface area (Å²) in [5.74, 6) is -4.53. The molecular formula is C9H18NO6P. The Morgan fingerprint density at radius 2 is 1.88 bits per heavy atom. The first-order chi connectivity index (χ1) is 7.70. The minimum absolute atomic E-state index is 0.175. The van der Waals surface area contributed by atoms with E-state index in [2.05, 4.69) is 0 Å². The molecule has 0 saturated heterocycles. The van der Waals surface area contributed by atoms with E-state index in [1.807, 2.05) is 0 Å². The van der Waals surface area contributed by atoms with Gasteiger partial charge in [0, 0.05) is 12.6 Å². The van der Waals surface area contributed by atoms with E-state index >= 15 is 0 Å². The highest BCUT2D eigenvalue weighted by Gasteiger charge is 2.33. The highest BCUT2D eigenvalue weighted by atomic mass is 31.2. The van der Waals surface area contributed by atoms with Gasteiger partial charge in [-0.2, -0.15) is 0 Å². The van der Waals surface area contributed by atoms with Crippen LogP contribution in [-0.2, 0) is 14.2 Å². The second-order valence-electron chi connectivity index (χ2n) is 3.88. The van der Waals surface area contributed by atoms with Gasteiger partial charge < -0.3 is 20.8 Å². The fourth-order valence-electron chi connectivity index (χ4n) is 1.33.